The predicted octanol–water partition coefficient (Wildman–Crippen LogP) is 4.14. The Labute approximate surface area is 117 Å². The summed E-state index contributed by atoms with van der Waals surface area (Å²) in [4.78, 5) is 0. The van der Waals surface area contributed by atoms with Gasteiger partial charge < -0.3 is 10.5 Å². The van der Waals surface area contributed by atoms with Gasteiger partial charge in [0.1, 0.15) is 5.75 Å². The van der Waals surface area contributed by atoms with E-state index in [0.29, 0.717) is 0 Å². The maximum Gasteiger partial charge on any atom is 0.119 e. The zero-order chi connectivity index (χ0) is 13.6. The second-order valence-corrected chi connectivity index (χ2v) is 5.98. The van der Waals surface area contributed by atoms with Gasteiger partial charge in [-0.2, -0.15) is 0 Å². The molecule has 0 saturated heterocycles. The maximum atomic E-state index is 6.50. The lowest BCUT2D eigenvalue weighted by atomic mass is 9.74. The predicted molar refractivity (Wildman–Crippen MR) is 80.3 cm³/mol. The fourth-order valence-electron chi connectivity index (χ4n) is 3.04. The first-order valence-corrected chi connectivity index (χ1v) is 7.68. The number of benzene rings is 1. The Kier molecular flexibility index (Phi) is 5.26. The molecule has 0 bridgehead atoms. The fraction of sp³-hybridized carbons (Fsp3) is 0.647. The number of para-hydroxylation sites is 1. The van der Waals surface area contributed by atoms with E-state index in [-0.39, 0.29) is 5.54 Å². The summed E-state index contributed by atoms with van der Waals surface area (Å²) in [5.41, 5.74) is 6.58. The minimum Gasteiger partial charge on any atom is -0.494 e. The van der Waals surface area contributed by atoms with Gasteiger partial charge in [0, 0.05) is 5.54 Å². The summed E-state index contributed by atoms with van der Waals surface area (Å²) in [7, 11) is 0. The van der Waals surface area contributed by atoms with Crippen LogP contribution in [-0.2, 0) is 0 Å². The van der Waals surface area contributed by atoms with Crippen molar-refractivity contribution in [2.75, 3.05) is 6.61 Å². The second kappa shape index (κ2) is 6.95. The number of rotatable bonds is 6. The molecule has 1 aliphatic carbocycles. The van der Waals surface area contributed by atoms with E-state index in [1.54, 1.807) is 0 Å². The Morgan fingerprint density at radius 1 is 1.21 bits per heavy atom. The molecule has 0 radical (unpaired) electrons. The zero-order valence-electron chi connectivity index (χ0n) is 12.1. The number of hydrogen-bond acceptors (Lipinski definition) is 2. The van der Waals surface area contributed by atoms with Crippen molar-refractivity contribution in [2.45, 2.75) is 57.4 Å². The molecule has 2 rings (SSSR count). The van der Waals surface area contributed by atoms with Gasteiger partial charge in [-0.05, 0) is 56.6 Å². The Hall–Kier alpha value is -1.02. The van der Waals surface area contributed by atoms with Crippen LogP contribution in [0.5, 0.6) is 5.75 Å². The van der Waals surface area contributed by atoms with Gasteiger partial charge in [-0.3, -0.25) is 0 Å². The lowest BCUT2D eigenvalue weighted by Gasteiger charge is -2.37. The molecule has 19 heavy (non-hydrogen) atoms. The van der Waals surface area contributed by atoms with Gasteiger partial charge in [-0.25, -0.2) is 0 Å². The highest BCUT2D eigenvalue weighted by atomic mass is 16.5. The molecule has 1 saturated carbocycles. The van der Waals surface area contributed by atoms with E-state index in [4.69, 9.17) is 10.5 Å². The quantitative estimate of drug-likeness (QED) is 0.781. The Balaban J connectivity index is 1.65. The average molecular weight is 261 g/mol. The Morgan fingerprint density at radius 3 is 2.53 bits per heavy atom. The minimum absolute atomic E-state index is 0.0751. The van der Waals surface area contributed by atoms with E-state index in [0.717, 1.165) is 31.1 Å². The largest absolute Gasteiger partial charge is 0.494 e. The van der Waals surface area contributed by atoms with Crippen LogP contribution in [-0.4, -0.2) is 12.1 Å². The maximum absolute atomic E-state index is 6.50. The SMILES string of the molecule is CCC1CCC(N)(CCCOc2ccccc2)CC1. The van der Waals surface area contributed by atoms with Crippen LogP contribution in [0, 0.1) is 5.92 Å². The summed E-state index contributed by atoms with van der Waals surface area (Å²) in [6.45, 7) is 3.07. The van der Waals surface area contributed by atoms with Crippen LogP contribution >= 0.6 is 0 Å². The second-order valence-electron chi connectivity index (χ2n) is 5.98. The van der Waals surface area contributed by atoms with Gasteiger partial charge in [0.25, 0.3) is 0 Å². The molecule has 0 heterocycles. The van der Waals surface area contributed by atoms with Gasteiger partial charge in [-0.15, -0.1) is 0 Å². The minimum atomic E-state index is 0.0751. The van der Waals surface area contributed by atoms with Crippen LogP contribution in [0.25, 0.3) is 0 Å². The van der Waals surface area contributed by atoms with E-state index in [9.17, 15) is 0 Å². The summed E-state index contributed by atoms with van der Waals surface area (Å²) >= 11 is 0. The van der Waals surface area contributed by atoms with Gasteiger partial charge in [0.15, 0.2) is 0 Å². The van der Waals surface area contributed by atoms with Gasteiger partial charge >= 0.3 is 0 Å². The van der Waals surface area contributed by atoms with Crippen molar-refractivity contribution < 1.29 is 4.74 Å². The Morgan fingerprint density at radius 2 is 1.89 bits per heavy atom. The summed E-state index contributed by atoms with van der Waals surface area (Å²) in [6, 6.07) is 10.0. The van der Waals surface area contributed by atoms with E-state index < -0.39 is 0 Å². The van der Waals surface area contributed by atoms with Crippen LogP contribution in [0.15, 0.2) is 30.3 Å². The molecule has 0 aromatic heterocycles. The molecule has 0 aliphatic heterocycles. The van der Waals surface area contributed by atoms with E-state index in [2.05, 4.69) is 6.92 Å². The van der Waals surface area contributed by atoms with Crippen molar-refractivity contribution in [1.82, 2.24) is 0 Å². The normalized spacial score (nSPS) is 27.2. The molecule has 2 heteroatoms. The summed E-state index contributed by atoms with van der Waals surface area (Å²) in [5, 5.41) is 0. The highest BCUT2D eigenvalue weighted by Gasteiger charge is 2.30. The lowest BCUT2D eigenvalue weighted by molar-refractivity contribution is 0.200. The molecule has 1 aromatic rings. The molecule has 1 aliphatic rings. The molecule has 0 amide bonds. The molecule has 1 fully saturated rings. The van der Waals surface area contributed by atoms with Crippen LogP contribution < -0.4 is 10.5 Å². The molecule has 106 valence electrons. The first-order valence-electron chi connectivity index (χ1n) is 7.68. The fourth-order valence-corrected chi connectivity index (χ4v) is 3.04. The molecule has 0 spiro atoms. The van der Waals surface area contributed by atoms with Crippen LogP contribution in [0.4, 0.5) is 0 Å². The standard InChI is InChI=1S/C17H27NO/c1-2-15-9-12-17(18,13-10-15)11-6-14-19-16-7-4-3-5-8-16/h3-5,7-8,15H,2,6,9-14,18H2,1H3. The lowest BCUT2D eigenvalue weighted by Crippen LogP contribution is -2.43. The smallest absolute Gasteiger partial charge is 0.119 e. The van der Waals surface area contributed by atoms with Crippen molar-refractivity contribution in [3.63, 3.8) is 0 Å². The zero-order valence-corrected chi connectivity index (χ0v) is 12.1. The third kappa shape index (κ3) is 4.54. The van der Waals surface area contributed by atoms with Crippen LogP contribution in [0.3, 0.4) is 0 Å². The van der Waals surface area contributed by atoms with E-state index in [1.165, 1.54) is 32.1 Å². The molecular weight excluding hydrogens is 234 g/mol. The molecular formula is C17H27NO. The van der Waals surface area contributed by atoms with E-state index >= 15 is 0 Å². The van der Waals surface area contributed by atoms with Crippen molar-refractivity contribution in [3.8, 4) is 5.75 Å². The average Bonchev–Trinajstić information content (AvgIpc) is 2.46. The van der Waals surface area contributed by atoms with Crippen molar-refractivity contribution in [2.24, 2.45) is 11.7 Å². The molecule has 1 aromatic carbocycles. The number of hydrogen-bond donors (Lipinski definition) is 1. The number of ether oxygens (including phenoxy) is 1. The highest BCUT2D eigenvalue weighted by molar-refractivity contribution is 5.20. The van der Waals surface area contributed by atoms with Gasteiger partial charge in [-0.1, -0.05) is 31.5 Å². The first-order chi connectivity index (χ1) is 9.22. The van der Waals surface area contributed by atoms with E-state index in [1.807, 2.05) is 30.3 Å². The Bertz CT molecular complexity index is 355. The summed E-state index contributed by atoms with van der Waals surface area (Å²) < 4.78 is 5.73. The monoisotopic (exact) mass is 261 g/mol. The molecule has 2 N–H and O–H groups in total. The van der Waals surface area contributed by atoms with Gasteiger partial charge in [0.2, 0.25) is 0 Å². The van der Waals surface area contributed by atoms with Crippen LogP contribution in [0.2, 0.25) is 0 Å². The summed E-state index contributed by atoms with van der Waals surface area (Å²) in [5.74, 6) is 1.88. The summed E-state index contributed by atoms with van der Waals surface area (Å²) in [6.07, 6.45) is 8.47. The van der Waals surface area contributed by atoms with Gasteiger partial charge in [0.05, 0.1) is 6.61 Å². The third-order valence-electron chi connectivity index (χ3n) is 4.51. The molecule has 0 unspecified atom stereocenters. The first kappa shape index (κ1) is 14.4. The molecule has 2 nitrogen and oxygen atoms in total. The van der Waals surface area contributed by atoms with Crippen molar-refractivity contribution >= 4 is 0 Å². The van der Waals surface area contributed by atoms with Crippen molar-refractivity contribution in [3.05, 3.63) is 30.3 Å². The third-order valence-corrected chi connectivity index (χ3v) is 4.51. The number of nitrogens with two attached hydrogens (primary N) is 1. The topological polar surface area (TPSA) is 35.2 Å². The van der Waals surface area contributed by atoms with Crippen LogP contribution in [0.1, 0.15) is 51.9 Å². The highest BCUT2D eigenvalue weighted by Crippen LogP contribution is 2.34. The van der Waals surface area contributed by atoms with Crippen molar-refractivity contribution in [1.29, 1.82) is 0 Å². The molecule has 0 atom stereocenters.